The molecule has 0 saturated carbocycles. The van der Waals surface area contributed by atoms with E-state index in [1.54, 1.807) is 18.2 Å². The standard InChI is InChI=1S/C19H18FN3O3S/c20-14-6-3-4-7-15(14)21-19(24)13-9-10-16-17(12-13)27(25,26)22-18-8-2-1-5-11-23(16)18/h3-4,6-7,9-10,12H,1-2,5,8,11H2,(H,21,24). The fourth-order valence-corrected chi connectivity index (χ4v) is 4.66. The SMILES string of the molecule is O=C(Nc1ccccc1F)c1ccc2c(c1)S(=O)(=O)N=C1CCCCCN12. The smallest absolute Gasteiger partial charge is 0.286 e. The van der Waals surface area contributed by atoms with Gasteiger partial charge in [0.05, 0.1) is 11.4 Å². The van der Waals surface area contributed by atoms with E-state index in [2.05, 4.69) is 9.71 Å². The summed E-state index contributed by atoms with van der Waals surface area (Å²) in [6.07, 6.45) is 3.50. The average molecular weight is 387 g/mol. The Morgan fingerprint density at radius 3 is 2.74 bits per heavy atom. The number of fused-ring (bicyclic) bond motifs is 3. The van der Waals surface area contributed by atoms with E-state index in [0.717, 1.165) is 19.3 Å². The maximum absolute atomic E-state index is 13.8. The molecule has 2 heterocycles. The van der Waals surface area contributed by atoms with E-state index in [1.165, 1.54) is 24.3 Å². The predicted molar refractivity (Wildman–Crippen MR) is 101 cm³/mol. The van der Waals surface area contributed by atoms with E-state index >= 15 is 0 Å². The van der Waals surface area contributed by atoms with Gasteiger partial charge in [-0.15, -0.1) is 4.40 Å². The van der Waals surface area contributed by atoms with Crippen molar-refractivity contribution in [1.82, 2.24) is 0 Å². The molecule has 8 heteroatoms. The first-order chi connectivity index (χ1) is 13.0. The minimum Gasteiger partial charge on any atom is -0.328 e. The lowest BCUT2D eigenvalue weighted by atomic mass is 10.1. The molecule has 140 valence electrons. The lowest BCUT2D eigenvalue weighted by Gasteiger charge is -2.29. The summed E-state index contributed by atoms with van der Waals surface area (Å²) in [5, 5.41) is 2.47. The van der Waals surface area contributed by atoms with Crippen LogP contribution in [0.2, 0.25) is 0 Å². The number of hydrogen-bond donors (Lipinski definition) is 1. The molecule has 1 fully saturated rings. The molecular weight excluding hydrogens is 369 g/mol. The van der Waals surface area contributed by atoms with Crippen LogP contribution in [0.3, 0.4) is 0 Å². The molecule has 2 aromatic carbocycles. The first-order valence-electron chi connectivity index (χ1n) is 8.77. The number of halogens is 1. The molecule has 1 amide bonds. The lowest BCUT2D eigenvalue weighted by molar-refractivity contribution is 0.102. The number of nitrogens with zero attached hydrogens (tertiary/aromatic N) is 2. The summed E-state index contributed by atoms with van der Waals surface area (Å²) in [4.78, 5) is 14.4. The van der Waals surface area contributed by atoms with Gasteiger partial charge in [-0.1, -0.05) is 18.6 Å². The number of para-hydroxylation sites is 1. The number of rotatable bonds is 2. The number of amidine groups is 1. The van der Waals surface area contributed by atoms with Crippen LogP contribution in [0.5, 0.6) is 0 Å². The monoisotopic (exact) mass is 387 g/mol. The Bertz CT molecular complexity index is 1050. The number of anilines is 2. The van der Waals surface area contributed by atoms with Crippen LogP contribution in [-0.2, 0) is 10.0 Å². The Morgan fingerprint density at radius 2 is 1.93 bits per heavy atom. The van der Waals surface area contributed by atoms with E-state index in [9.17, 15) is 17.6 Å². The van der Waals surface area contributed by atoms with Gasteiger partial charge in [-0.2, -0.15) is 8.42 Å². The minimum absolute atomic E-state index is 0.00864. The normalized spacial score (nSPS) is 18.0. The molecule has 2 aliphatic rings. The summed E-state index contributed by atoms with van der Waals surface area (Å²) >= 11 is 0. The molecule has 0 radical (unpaired) electrons. The van der Waals surface area contributed by atoms with Gasteiger partial charge in [0.2, 0.25) is 0 Å². The third-order valence-electron chi connectivity index (χ3n) is 4.73. The van der Waals surface area contributed by atoms with Crippen LogP contribution in [0.1, 0.15) is 36.0 Å². The van der Waals surface area contributed by atoms with Crippen molar-refractivity contribution < 1.29 is 17.6 Å². The van der Waals surface area contributed by atoms with E-state index in [-0.39, 0.29) is 16.1 Å². The first kappa shape index (κ1) is 17.7. The molecule has 0 unspecified atom stereocenters. The quantitative estimate of drug-likeness (QED) is 0.855. The summed E-state index contributed by atoms with van der Waals surface area (Å²) in [5.41, 5.74) is 0.717. The third kappa shape index (κ3) is 3.32. The average Bonchev–Trinajstić information content (AvgIpc) is 2.88. The van der Waals surface area contributed by atoms with Gasteiger partial charge in [0.1, 0.15) is 16.5 Å². The van der Waals surface area contributed by atoms with Crippen molar-refractivity contribution in [2.75, 3.05) is 16.8 Å². The van der Waals surface area contributed by atoms with Crippen LogP contribution in [0.25, 0.3) is 0 Å². The van der Waals surface area contributed by atoms with Gasteiger partial charge >= 0.3 is 0 Å². The summed E-state index contributed by atoms with van der Waals surface area (Å²) in [5.74, 6) is -0.581. The highest BCUT2D eigenvalue weighted by atomic mass is 32.2. The van der Waals surface area contributed by atoms with E-state index in [4.69, 9.17) is 0 Å². The molecule has 0 atom stereocenters. The van der Waals surface area contributed by atoms with Gasteiger partial charge < -0.3 is 10.2 Å². The fraction of sp³-hybridized carbons (Fsp3) is 0.263. The van der Waals surface area contributed by atoms with Crippen molar-refractivity contribution in [3.8, 4) is 0 Å². The van der Waals surface area contributed by atoms with Gasteiger partial charge in [0, 0.05) is 18.5 Å². The molecule has 27 heavy (non-hydrogen) atoms. The summed E-state index contributed by atoms with van der Waals surface area (Å²) in [6.45, 7) is 0.697. The van der Waals surface area contributed by atoms with Crippen LogP contribution in [0, 0.1) is 5.82 Å². The molecule has 0 bridgehead atoms. The molecule has 1 N–H and O–H groups in total. The Labute approximate surface area is 156 Å². The number of benzene rings is 2. The number of carbonyl (C=O) groups is 1. The van der Waals surface area contributed by atoms with Crippen LogP contribution in [0.4, 0.5) is 15.8 Å². The molecule has 2 aromatic rings. The van der Waals surface area contributed by atoms with Crippen molar-refractivity contribution in [1.29, 1.82) is 0 Å². The van der Waals surface area contributed by atoms with E-state index in [1.807, 2.05) is 4.90 Å². The van der Waals surface area contributed by atoms with Crippen LogP contribution in [-0.4, -0.2) is 26.7 Å². The minimum atomic E-state index is -3.87. The number of carbonyl (C=O) groups excluding carboxylic acids is 1. The Hall–Kier alpha value is -2.74. The molecule has 4 rings (SSSR count). The highest BCUT2D eigenvalue weighted by Crippen LogP contribution is 2.35. The van der Waals surface area contributed by atoms with Crippen molar-refractivity contribution in [3.63, 3.8) is 0 Å². The molecule has 0 aliphatic carbocycles. The van der Waals surface area contributed by atoms with Crippen LogP contribution < -0.4 is 10.2 Å². The van der Waals surface area contributed by atoms with Gasteiger partial charge in [-0.25, -0.2) is 4.39 Å². The van der Waals surface area contributed by atoms with Crippen molar-refractivity contribution in [2.45, 2.75) is 30.6 Å². The molecule has 6 nitrogen and oxygen atoms in total. The third-order valence-corrected chi connectivity index (χ3v) is 6.07. The van der Waals surface area contributed by atoms with Crippen molar-refractivity contribution in [3.05, 3.63) is 53.8 Å². The van der Waals surface area contributed by atoms with Gasteiger partial charge in [-0.3, -0.25) is 4.79 Å². The zero-order valence-corrected chi connectivity index (χ0v) is 15.3. The van der Waals surface area contributed by atoms with Crippen LogP contribution >= 0.6 is 0 Å². The summed E-state index contributed by atoms with van der Waals surface area (Å²) in [7, 11) is -3.87. The van der Waals surface area contributed by atoms with E-state index < -0.39 is 21.7 Å². The first-order valence-corrected chi connectivity index (χ1v) is 10.2. The fourth-order valence-electron chi connectivity index (χ4n) is 3.38. The Morgan fingerprint density at radius 1 is 1.11 bits per heavy atom. The summed E-state index contributed by atoms with van der Waals surface area (Å²) in [6, 6.07) is 10.3. The maximum atomic E-state index is 13.8. The number of amides is 1. The number of hydrogen-bond acceptors (Lipinski definition) is 4. The highest BCUT2D eigenvalue weighted by Gasteiger charge is 2.32. The molecule has 2 aliphatic heterocycles. The molecular formula is C19H18FN3O3S. The molecule has 0 spiro atoms. The summed E-state index contributed by atoms with van der Waals surface area (Å²) < 4.78 is 43.0. The lowest BCUT2D eigenvalue weighted by Crippen LogP contribution is -2.35. The van der Waals surface area contributed by atoms with Crippen molar-refractivity contribution >= 4 is 33.1 Å². The second-order valence-corrected chi connectivity index (χ2v) is 8.13. The zero-order chi connectivity index (χ0) is 19.0. The molecule has 0 aromatic heterocycles. The predicted octanol–water partition coefficient (Wildman–Crippen LogP) is 3.56. The Kier molecular flexibility index (Phi) is 4.43. The topological polar surface area (TPSA) is 78.8 Å². The zero-order valence-electron chi connectivity index (χ0n) is 14.5. The highest BCUT2D eigenvalue weighted by molar-refractivity contribution is 7.90. The molecule has 1 saturated heterocycles. The number of nitrogens with one attached hydrogen (secondary N) is 1. The van der Waals surface area contributed by atoms with E-state index in [0.29, 0.717) is 24.5 Å². The second-order valence-electron chi connectivity index (χ2n) is 6.56. The van der Waals surface area contributed by atoms with Gasteiger partial charge in [0.25, 0.3) is 15.9 Å². The van der Waals surface area contributed by atoms with Crippen molar-refractivity contribution in [2.24, 2.45) is 4.40 Å². The van der Waals surface area contributed by atoms with Gasteiger partial charge in [-0.05, 0) is 43.2 Å². The maximum Gasteiger partial charge on any atom is 0.286 e. The van der Waals surface area contributed by atoms with Gasteiger partial charge in [0.15, 0.2) is 0 Å². The largest absolute Gasteiger partial charge is 0.328 e. The van der Waals surface area contributed by atoms with Crippen LogP contribution in [0.15, 0.2) is 51.8 Å². The number of sulfonamides is 1. The Balaban J connectivity index is 1.70. The second kappa shape index (κ2) is 6.77.